The van der Waals surface area contributed by atoms with Crippen LogP contribution < -0.4 is 5.73 Å². The van der Waals surface area contributed by atoms with Gasteiger partial charge in [-0.05, 0) is 18.2 Å². The Labute approximate surface area is 118 Å². The Morgan fingerprint density at radius 1 is 1.37 bits per heavy atom. The van der Waals surface area contributed by atoms with Crippen LogP contribution in [0.1, 0.15) is 15.9 Å². The van der Waals surface area contributed by atoms with Crippen molar-refractivity contribution in [2.75, 3.05) is 13.1 Å². The van der Waals surface area contributed by atoms with E-state index in [2.05, 4.69) is 0 Å². The minimum atomic E-state index is -4.50. The van der Waals surface area contributed by atoms with Gasteiger partial charge < -0.3 is 10.6 Å². The summed E-state index contributed by atoms with van der Waals surface area (Å²) in [7, 11) is 0. The normalized spacial score (nSPS) is 15.7. The molecule has 0 aromatic heterocycles. The van der Waals surface area contributed by atoms with Gasteiger partial charge in [-0.3, -0.25) is 4.79 Å². The molecule has 0 atom stereocenters. The molecule has 0 spiro atoms. The van der Waals surface area contributed by atoms with Gasteiger partial charge in [0.05, 0.1) is 16.1 Å². The highest BCUT2D eigenvalue weighted by Gasteiger charge is 2.34. The molecular formula is C11H11Cl2F3N2O. The van der Waals surface area contributed by atoms with E-state index in [1.807, 2.05) is 0 Å². The largest absolute Gasteiger partial charge is 0.416 e. The second-order valence-electron chi connectivity index (χ2n) is 4.16. The average molecular weight is 315 g/mol. The molecule has 2 rings (SSSR count). The third kappa shape index (κ3) is 3.32. The molecule has 0 aliphatic carbocycles. The Morgan fingerprint density at radius 3 is 2.42 bits per heavy atom. The Kier molecular flexibility index (Phi) is 4.71. The topological polar surface area (TPSA) is 46.3 Å². The summed E-state index contributed by atoms with van der Waals surface area (Å²) in [5, 5.41) is 0.00784. The monoisotopic (exact) mass is 314 g/mol. The Bertz CT molecular complexity index is 487. The van der Waals surface area contributed by atoms with Gasteiger partial charge in [0.2, 0.25) is 0 Å². The van der Waals surface area contributed by atoms with Crippen molar-refractivity contribution in [2.24, 2.45) is 5.73 Å². The fraction of sp³-hybridized carbons (Fsp3) is 0.364. The minimum absolute atomic E-state index is 0. The third-order valence-corrected chi connectivity index (χ3v) is 3.05. The predicted octanol–water partition coefficient (Wildman–Crippen LogP) is 2.56. The SMILES string of the molecule is Cl.NC1CN(C(=O)c2cc(C(F)(F)F)ccc2Cl)C1. The Morgan fingerprint density at radius 2 is 1.95 bits per heavy atom. The molecule has 0 unspecified atom stereocenters. The summed E-state index contributed by atoms with van der Waals surface area (Å²) in [5.41, 5.74) is 4.49. The lowest BCUT2D eigenvalue weighted by Crippen LogP contribution is -2.57. The predicted molar refractivity (Wildman–Crippen MR) is 67.6 cm³/mol. The number of amides is 1. The summed E-state index contributed by atoms with van der Waals surface area (Å²) in [6.07, 6.45) is -4.50. The summed E-state index contributed by atoms with van der Waals surface area (Å²) in [6, 6.07) is 2.59. The molecule has 1 fully saturated rings. The van der Waals surface area contributed by atoms with E-state index in [9.17, 15) is 18.0 Å². The number of carbonyl (C=O) groups is 1. The Hall–Kier alpha value is -0.980. The van der Waals surface area contributed by atoms with Gasteiger partial charge in [0.1, 0.15) is 0 Å². The smallest absolute Gasteiger partial charge is 0.335 e. The second-order valence-corrected chi connectivity index (χ2v) is 4.57. The summed E-state index contributed by atoms with van der Waals surface area (Å²) in [6.45, 7) is 0.677. The highest BCUT2D eigenvalue weighted by Crippen LogP contribution is 2.32. The van der Waals surface area contributed by atoms with Crippen molar-refractivity contribution in [2.45, 2.75) is 12.2 Å². The lowest BCUT2D eigenvalue weighted by molar-refractivity contribution is -0.137. The Balaban J connectivity index is 0.00000180. The van der Waals surface area contributed by atoms with Gasteiger partial charge in [-0.1, -0.05) is 11.6 Å². The first-order valence-corrected chi connectivity index (χ1v) is 5.58. The number of nitrogens with two attached hydrogens (primary N) is 1. The van der Waals surface area contributed by atoms with E-state index in [0.29, 0.717) is 13.1 Å². The minimum Gasteiger partial charge on any atom is -0.335 e. The van der Waals surface area contributed by atoms with Crippen LogP contribution in [-0.2, 0) is 6.18 Å². The average Bonchev–Trinajstić information content (AvgIpc) is 2.23. The van der Waals surface area contributed by atoms with Crippen LogP contribution in [0.4, 0.5) is 13.2 Å². The van der Waals surface area contributed by atoms with E-state index < -0.39 is 17.6 Å². The fourth-order valence-corrected chi connectivity index (χ4v) is 1.91. The number of alkyl halides is 3. The maximum absolute atomic E-state index is 12.5. The highest BCUT2D eigenvalue weighted by atomic mass is 35.5. The van der Waals surface area contributed by atoms with Crippen LogP contribution in [0.3, 0.4) is 0 Å². The maximum Gasteiger partial charge on any atom is 0.416 e. The van der Waals surface area contributed by atoms with Gasteiger partial charge in [-0.15, -0.1) is 12.4 Å². The molecule has 1 amide bonds. The number of hydrogen-bond acceptors (Lipinski definition) is 2. The van der Waals surface area contributed by atoms with E-state index in [1.165, 1.54) is 4.90 Å². The van der Waals surface area contributed by atoms with Crippen molar-refractivity contribution in [3.05, 3.63) is 34.3 Å². The zero-order valence-electron chi connectivity index (χ0n) is 9.58. The quantitative estimate of drug-likeness (QED) is 0.866. The molecule has 2 N–H and O–H groups in total. The number of nitrogens with zero attached hydrogens (tertiary/aromatic N) is 1. The van der Waals surface area contributed by atoms with E-state index in [-0.39, 0.29) is 29.0 Å². The van der Waals surface area contributed by atoms with E-state index in [1.54, 1.807) is 0 Å². The molecule has 1 heterocycles. The number of halogens is 5. The third-order valence-electron chi connectivity index (χ3n) is 2.72. The molecular weight excluding hydrogens is 304 g/mol. The van der Waals surface area contributed by atoms with Crippen LogP contribution in [0.15, 0.2) is 18.2 Å². The lowest BCUT2D eigenvalue weighted by Gasteiger charge is -2.37. The van der Waals surface area contributed by atoms with Gasteiger partial charge in [-0.25, -0.2) is 0 Å². The van der Waals surface area contributed by atoms with Gasteiger partial charge >= 0.3 is 6.18 Å². The molecule has 0 saturated carbocycles. The molecule has 1 aromatic rings. The molecule has 0 radical (unpaired) electrons. The maximum atomic E-state index is 12.5. The van der Waals surface area contributed by atoms with Gasteiger partial charge in [0.15, 0.2) is 0 Å². The molecule has 1 saturated heterocycles. The highest BCUT2D eigenvalue weighted by molar-refractivity contribution is 6.33. The molecule has 1 aliphatic heterocycles. The van der Waals surface area contributed by atoms with Crippen LogP contribution in [0, 0.1) is 0 Å². The van der Waals surface area contributed by atoms with Crippen LogP contribution >= 0.6 is 24.0 Å². The van der Waals surface area contributed by atoms with Crippen LogP contribution in [0.5, 0.6) is 0 Å². The molecule has 1 aromatic carbocycles. The molecule has 19 heavy (non-hydrogen) atoms. The zero-order chi connectivity index (χ0) is 13.5. The first-order valence-electron chi connectivity index (χ1n) is 5.20. The van der Waals surface area contributed by atoms with Crippen molar-refractivity contribution in [3.63, 3.8) is 0 Å². The van der Waals surface area contributed by atoms with Crippen molar-refractivity contribution >= 4 is 29.9 Å². The van der Waals surface area contributed by atoms with E-state index >= 15 is 0 Å². The van der Waals surface area contributed by atoms with Gasteiger partial charge in [-0.2, -0.15) is 13.2 Å². The lowest BCUT2D eigenvalue weighted by atomic mass is 10.1. The first kappa shape index (κ1) is 16.1. The number of hydrogen-bond donors (Lipinski definition) is 1. The van der Waals surface area contributed by atoms with Crippen LogP contribution in [0.25, 0.3) is 0 Å². The summed E-state index contributed by atoms with van der Waals surface area (Å²) >= 11 is 5.76. The van der Waals surface area contributed by atoms with Gasteiger partial charge in [0.25, 0.3) is 5.91 Å². The summed E-state index contributed by atoms with van der Waals surface area (Å²) in [4.78, 5) is 13.3. The standard InChI is InChI=1S/C11H10ClF3N2O.ClH/c12-9-2-1-6(11(13,14)15)3-8(9)10(18)17-4-7(16)5-17;/h1-3,7H,4-5,16H2;1H. The fourth-order valence-electron chi connectivity index (χ4n) is 1.71. The van der Waals surface area contributed by atoms with Crippen molar-refractivity contribution in [1.82, 2.24) is 4.90 Å². The van der Waals surface area contributed by atoms with Crippen LogP contribution in [-0.4, -0.2) is 29.9 Å². The van der Waals surface area contributed by atoms with Crippen LogP contribution in [0.2, 0.25) is 5.02 Å². The van der Waals surface area contributed by atoms with Crippen molar-refractivity contribution in [3.8, 4) is 0 Å². The van der Waals surface area contributed by atoms with Gasteiger partial charge in [0, 0.05) is 19.1 Å². The number of rotatable bonds is 1. The molecule has 0 bridgehead atoms. The van der Waals surface area contributed by atoms with E-state index in [4.69, 9.17) is 17.3 Å². The first-order chi connectivity index (χ1) is 8.29. The molecule has 3 nitrogen and oxygen atoms in total. The summed E-state index contributed by atoms with van der Waals surface area (Å²) in [5.74, 6) is -0.521. The number of benzene rings is 1. The number of carbonyl (C=O) groups excluding carboxylic acids is 1. The second kappa shape index (κ2) is 5.56. The zero-order valence-corrected chi connectivity index (χ0v) is 11.1. The molecule has 1 aliphatic rings. The number of likely N-dealkylation sites (tertiary alicyclic amines) is 1. The molecule has 106 valence electrons. The van der Waals surface area contributed by atoms with E-state index in [0.717, 1.165) is 18.2 Å². The summed E-state index contributed by atoms with van der Waals surface area (Å²) < 4.78 is 37.6. The molecule has 8 heteroatoms. The van der Waals surface area contributed by atoms with Crippen molar-refractivity contribution in [1.29, 1.82) is 0 Å². The van der Waals surface area contributed by atoms with Crippen molar-refractivity contribution < 1.29 is 18.0 Å².